The van der Waals surface area contributed by atoms with Gasteiger partial charge in [0, 0.05) is 19.8 Å². The van der Waals surface area contributed by atoms with E-state index < -0.39 is 35.7 Å². The summed E-state index contributed by atoms with van der Waals surface area (Å²) >= 11 is 0. The number of benzene rings is 2. The molecule has 2 aromatic rings. The minimum atomic E-state index is -1.03. The summed E-state index contributed by atoms with van der Waals surface area (Å²) in [6, 6.07) is 11.6. The Morgan fingerprint density at radius 2 is 1.72 bits per heavy atom. The quantitative estimate of drug-likeness (QED) is 0.665. The minimum absolute atomic E-state index is 0.0452. The molecular formula is C22H25FN2O4. The van der Waals surface area contributed by atoms with Gasteiger partial charge in [-0.05, 0) is 24.1 Å². The van der Waals surface area contributed by atoms with Crippen LogP contribution in [0.3, 0.4) is 0 Å². The Kier molecular flexibility index (Phi) is 7.88. The number of methoxy groups -OCH3 is 1. The van der Waals surface area contributed by atoms with E-state index in [0.29, 0.717) is 0 Å². The minimum Gasteiger partial charge on any atom is -0.467 e. The second-order valence-electron chi connectivity index (χ2n) is 6.83. The molecule has 6 nitrogen and oxygen atoms in total. The molecule has 0 aliphatic rings. The monoisotopic (exact) mass is 400 g/mol. The van der Waals surface area contributed by atoms with Crippen molar-refractivity contribution in [1.82, 2.24) is 10.6 Å². The number of carbonyl (C=O) groups excluding carboxylic acids is 3. The van der Waals surface area contributed by atoms with Crippen LogP contribution in [0.1, 0.15) is 23.6 Å². The molecule has 0 aliphatic heterocycles. The number of nitrogens with one attached hydrogen (secondary N) is 2. The summed E-state index contributed by atoms with van der Waals surface area (Å²) in [5.41, 5.74) is 2.16. The molecule has 29 heavy (non-hydrogen) atoms. The standard InChI is InChI=1S/C22H25FN2O4/c1-14-7-6-8-16(11-14)12-20(22(28)29-3)25-21(27)19(24-15(2)26)13-17-9-4-5-10-18(17)23/h4-11,19-20H,12-13H2,1-3H3,(H,24,26)(H,25,27)/t19-,20+/m0/s1. The number of hydrogen-bond donors (Lipinski definition) is 2. The lowest BCUT2D eigenvalue weighted by atomic mass is 10.0. The fraction of sp³-hybridized carbons (Fsp3) is 0.318. The highest BCUT2D eigenvalue weighted by atomic mass is 19.1. The predicted octanol–water partition coefficient (Wildman–Crippen LogP) is 2.08. The summed E-state index contributed by atoms with van der Waals surface area (Å²) in [6.45, 7) is 3.20. The van der Waals surface area contributed by atoms with E-state index >= 15 is 0 Å². The first-order chi connectivity index (χ1) is 13.8. The predicted molar refractivity (Wildman–Crippen MR) is 107 cm³/mol. The number of hydrogen-bond acceptors (Lipinski definition) is 4. The largest absolute Gasteiger partial charge is 0.467 e. The number of esters is 1. The Labute approximate surface area is 169 Å². The normalized spacial score (nSPS) is 12.6. The van der Waals surface area contributed by atoms with Crippen molar-refractivity contribution in [3.63, 3.8) is 0 Å². The Morgan fingerprint density at radius 3 is 2.34 bits per heavy atom. The zero-order valence-electron chi connectivity index (χ0n) is 16.7. The van der Waals surface area contributed by atoms with Crippen LogP contribution in [0.5, 0.6) is 0 Å². The van der Waals surface area contributed by atoms with Gasteiger partial charge in [-0.15, -0.1) is 0 Å². The van der Waals surface area contributed by atoms with Gasteiger partial charge in [-0.1, -0.05) is 48.0 Å². The molecule has 2 amide bonds. The van der Waals surface area contributed by atoms with E-state index in [1.54, 1.807) is 18.2 Å². The van der Waals surface area contributed by atoms with Crippen LogP contribution in [0.4, 0.5) is 4.39 Å². The molecule has 0 bridgehead atoms. The molecule has 0 fully saturated rings. The van der Waals surface area contributed by atoms with E-state index in [-0.39, 0.29) is 18.4 Å². The number of ether oxygens (including phenoxy) is 1. The maximum absolute atomic E-state index is 14.0. The Morgan fingerprint density at radius 1 is 1.00 bits per heavy atom. The number of amides is 2. The number of carbonyl (C=O) groups is 3. The third-order valence-corrected chi connectivity index (χ3v) is 4.40. The topological polar surface area (TPSA) is 84.5 Å². The van der Waals surface area contributed by atoms with Crippen LogP contribution < -0.4 is 10.6 Å². The Hall–Kier alpha value is -3.22. The van der Waals surface area contributed by atoms with Gasteiger partial charge < -0.3 is 15.4 Å². The third kappa shape index (κ3) is 6.71. The van der Waals surface area contributed by atoms with E-state index in [1.807, 2.05) is 31.2 Å². The van der Waals surface area contributed by atoms with E-state index in [1.165, 1.54) is 20.1 Å². The lowest BCUT2D eigenvalue weighted by molar-refractivity contribution is -0.145. The molecule has 2 aromatic carbocycles. The van der Waals surface area contributed by atoms with Crippen LogP contribution >= 0.6 is 0 Å². The second-order valence-corrected chi connectivity index (χ2v) is 6.83. The van der Waals surface area contributed by atoms with E-state index in [2.05, 4.69) is 10.6 Å². The summed E-state index contributed by atoms with van der Waals surface area (Å²) in [6.07, 6.45) is 0.184. The number of aryl methyl sites for hydroxylation is 1. The molecule has 0 aromatic heterocycles. The van der Waals surface area contributed by atoms with Gasteiger partial charge in [0.1, 0.15) is 17.9 Å². The molecule has 0 aliphatic carbocycles. The maximum atomic E-state index is 14.0. The van der Waals surface area contributed by atoms with Crippen molar-refractivity contribution in [2.45, 2.75) is 38.8 Å². The lowest BCUT2D eigenvalue weighted by Gasteiger charge is -2.22. The van der Waals surface area contributed by atoms with Crippen molar-refractivity contribution in [2.75, 3.05) is 7.11 Å². The summed E-state index contributed by atoms with van der Waals surface area (Å²) in [7, 11) is 1.24. The maximum Gasteiger partial charge on any atom is 0.328 e. The molecule has 0 radical (unpaired) electrons. The molecule has 7 heteroatoms. The summed E-state index contributed by atoms with van der Waals surface area (Å²) < 4.78 is 18.8. The van der Waals surface area contributed by atoms with Crippen molar-refractivity contribution in [1.29, 1.82) is 0 Å². The Bertz CT molecular complexity index is 885. The van der Waals surface area contributed by atoms with Crippen LogP contribution in [0, 0.1) is 12.7 Å². The van der Waals surface area contributed by atoms with E-state index in [9.17, 15) is 18.8 Å². The zero-order chi connectivity index (χ0) is 21.4. The third-order valence-electron chi connectivity index (χ3n) is 4.40. The van der Waals surface area contributed by atoms with Crippen LogP contribution in [0.2, 0.25) is 0 Å². The second kappa shape index (κ2) is 10.4. The highest BCUT2D eigenvalue weighted by molar-refractivity contribution is 5.90. The van der Waals surface area contributed by atoms with Crippen LogP contribution in [-0.4, -0.2) is 37.0 Å². The zero-order valence-corrected chi connectivity index (χ0v) is 16.7. The van der Waals surface area contributed by atoms with Crippen molar-refractivity contribution in [3.8, 4) is 0 Å². The highest BCUT2D eigenvalue weighted by Crippen LogP contribution is 2.11. The lowest BCUT2D eigenvalue weighted by Crippen LogP contribution is -2.53. The van der Waals surface area contributed by atoms with Crippen molar-refractivity contribution in [3.05, 3.63) is 71.0 Å². The Balaban J connectivity index is 2.19. The van der Waals surface area contributed by atoms with Crippen LogP contribution in [0.15, 0.2) is 48.5 Å². The smallest absolute Gasteiger partial charge is 0.328 e. The molecule has 2 atom stereocenters. The molecule has 0 saturated carbocycles. The van der Waals surface area contributed by atoms with Crippen LogP contribution in [0.25, 0.3) is 0 Å². The van der Waals surface area contributed by atoms with Gasteiger partial charge in [0.25, 0.3) is 0 Å². The SMILES string of the molecule is COC(=O)[C@@H](Cc1cccc(C)c1)NC(=O)[C@H](Cc1ccccc1F)NC(C)=O. The molecule has 0 spiro atoms. The summed E-state index contributed by atoms with van der Waals surface area (Å²) in [5.74, 6) is -2.10. The average molecular weight is 400 g/mol. The van der Waals surface area contributed by atoms with Gasteiger partial charge in [0.15, 0.2) is 0 Å². The van der Waals surface area contributed by atoms with Gasteiger partial charge in [0.05, 0.1) is 7.11 Å². The van der Waals surface area contributed by atoms with Gasteiger partial charge in [-0.25, -0.2) is 9.18 Å². The molecule has 0 heterocycles. The van der Waals surface area contributed by atoms with Crippen LogP contribution in [-0.2, 0) is 32.0 Å². The van der Waals surface area contributed by atoms with Gasteiger partial charge in [-0.2, -0.15) is 0 Å². The number of rotatable bonds is 8. The summed E-state index contributed by atoms with van der Waals surface area (Å²) in [5, 5.41) is 5.15. The first-order valence-corrected chi connectivity index (χ1v) is 9.24. The van der Waals surface area contributed by atoms with Crippen molar-refractivity contribution in [2.24, 2.45) is 0 Å². The molecule has 2 N–H and O–H groups in total. The molecule has 154 valence electrons. The van der Waals surface area contributed by atoms with Crippen molar-refractivity contribution < 1.29 is 23.5 Å². The van der Waals surface area contributed by atoms with Crippen molar-refractivity contribution >= 4 is 17.8 Å². The average Bonchev–Trinajstić information content (AvgIpc) is 2.67. The van der Waals surface area contributed by atoms with E-state index in [4.69, 9.17) is 4.74 Å². The fourth-order valence-electron chi connectivity index (χ4n) is 3.02. The fourth-order valence-corrected chi connectivity index (χ4v) is 3.02. The van der Waals surface area contributed by atoms with E-state index in [0.717, 1.165) is 11.1 Å². The first kappa shape index (κ1) is 22.1. The first-order valence-electron chi connectivity index (χ1n) is 9.24. The van der Waals surface area contributed by atoms with Gasteiger partial charge in [0.2, 0.25) is 11.8 Å². The molecule has 2 rings (SSSR count). The molecule has 0 unspecified atom stereocenters. The summed E-state index contributed by atoms with van der Waals surface area (Å²) in [4.78, 5) is 36.6. The van der Waals surface area contributed by atoms with Gasteiger partial charge >= 0.3 is 5.97 Å². The highest BCUT2D eigenvalue weighted by Gasteiger charge is 2.27. The number of halogens is 1. The molecular weight excluding hydrogens is 375 g/mol. The van der Waals surface area contributed by atoms with Gasteiger partial charge in [-0.3, -0.25) is 9.59 Å². The molecule has 0 saturated heterocycles.